The van der Waals surface area contributed by atoms with Gasteiger partial charge in [-0.1, -0.05) is 327 Å². The van der Waals surface area contributed by atoms with Crippen molar-refractivity contribution in [2.75, 3.05) is 9.80 Å². The smallest absolute Gasteiger partial charge is 0.252 e. The second-order valence-electron chi connectivity index (χ2n) is 41.1. The lowest BCUT2D eigenvalue weighted by molar-refractivity contribution is 0.332. The highest BCUT2D eigenvalue weighted by molar-refractivity contribution is 7.00. The maximum absolute atomic E-state index is 2.67. The first-order valence-corrected chi connectivity index (χ1v) is 42.4. The number of nitrogens with zero attached hydrogens (tertiary/aromatic N) is 4. The number of para-hydroxylation sites is 6. The average molecular weight is 1500 g/mol. The molecule has 0 saturated carbocycles. The minimum Gasteiger partial charge on any atom is -0.311 e. The number of hydrogen-bond acceptors (Lipinski definition) is 2. The summed E-state index contributed by atoms with van der Waals surface area (Å²) >= 11 is 0. The van der Waals surface area contributed by atoms with E-state index in [4.69, 9.17) is 0 Å². The molecule has 115 heavy (non-hydrogen) atoms. The van der Waals surface area contributed by atoms with Gasteiger partial charge in [0.15, 0.2) is 0 Å². The zero-order valence-electron chi connectivity index (χ0n) is 71.5. The van der Waals surface area contributed by atoms with Gasteiger partial charge < -0.3 is 18.9 Å². The highest BCUT2D eigenvalue weighted by atomic mass is 15.2. The van der Waals surface area contributed by atoms with Crippen LogP contribution in [0, 0.1) is 0 Å². The van der Waals surface area contributed by atoms with E-state index < -0.39 is 0 Å². The van der Waals surface area contributed by atoms with Crippen molar-refractivity contribution in [2.24, 2.45) is 0 Å². The fourth-order valence-electron chi connectivity index (χ4n) is 20.4. The second kappa shape index (κ2) is 25.8. The van der Waals surface area contributed by atoms with E-state index >= 15 is 0 Å². The number of benzene rings is 13. The van der Waals surface area contributed by atoms with Gasteiger partial charge in [-0.05, 0) is 225 Å². The maximum Gasteiger partial charge on any atom is 0.252 e. The van der Waals surface area contributed by atoms with E-state index in [-0.39, 0.29) is 50.0 Å². The van der Waals surface area contributed by atoms with E-state index in [1.165, 1.54) is 160 Å². The fraction of sp³-hybridized carbons (Fsp3) is 0.291. The summed E-state index contributed by atoms with van der Waals surface area (Å²) in [5.41, 5.74) is 38.6. The standard InChI is InChI=1S/C110H111BN4/c1-103(2,3)72-58-70(59-73(64-72)104(4,5)6)80-36-29-38-84-82-34-23-27-42-94(82)112(101(80)84)76-48-52-96-90(66-76)111-91-67-77(113-95-43-28-24-35-83(95)85-39-30-37-81(102(85)113)71-60-74(105(7,8)9)65-75(61-71)106(10,11)12)49-53-97(91)115(93-41-26-22-33-79(93)69-47-51-87-89(63-69)110(19,20)57-55-108(87,15)16)99-45-31-44-98(100(99)111)114(96)92-40-25-21-32-78(92)68-46-50-86-88(62-68)109(17,18)56-54-107(86,13)14/h21-53,58-67H,54-57H2,1-20H3. The molecule has 2 aliphatic heterocycles. The van der Waals surface area contributed by atoms with Gasteiger partial charge in [-0.3, -0.25) is 0 Å². The predicted molar refractivity (Wildman–Crippen MR) is 496 cm³/mol. The molecule has 15 aromatic rings. The second-order valence-corrected chi connectivity index (χ2v) is 41.1. The fourth-order valence-corrected chi connectivity index (χ4v) is 20.4. The Morgan fingerprint density at radius 3 is 0.965 bits per heavy atom. The Bertz CT molecular complexity index is 6090. The summed E-state index contributed by atoms with van der Waals surface area (Å²) in [5, 5.41) is 4.95. The maximum atomic E-state index is 2.67. The summed E-state index contributed by atoms with van der Waals surface area (Å²) < 4.78 is 5.25. The van der Waals surface area contributed by atoms with Gasteiger partial charge in [-0.2, -0.15) is 0 Å². The Labute approximate surface area is 684 Å². The zero-order valence-corrected chi connectivity index (χ0v) is 71.5. The lowest BCUT2D eigenvalue weighted by Gasteiger charge is -2.45. The summed E-state index contributed by atoms with van der Waals surface area (Å²) in [6, 6.07) is 103. The summed E-state index contributed by atoms with van der Waals surface area (Å²) in [7, 11) is 0. The van der Waals surface area contributed by atoms with Gasteiger partial charge in [0, 0.05) is 77.9 Å². The molecule has 13 aromatic carbocycles. The lowest BCUT2D eigenvalue weighted by atomic mass is 9.33. The lowest BCUT2D eigenvalue weighted by Crippen LogP contribution is -2.61. The Kier molecular flexibility index (Phi) is 16.7. The molecule has 0 N–H and O–H groups in total. The highest BCUT2D eigenvalue weighted by Crippen LogP contribution is 2.55. The van der Waals surface area contributed by atoms with Crippen molar-refractivity contribution in [3.8, 4) is 55.9 Å². The van der Waals surface area contributed by atoms with Gasteiger partial charge in [0.05, 0.1) is 33.4 Å². The summed E-state index contributed by atoms with van der Waals surface area (Å²) in [4.78, 5) is 5.34. The molecule has 2 aliphatic carbocycles. The van der Waals surface area contributed by atoms with E-state index in [0.717, 1.165) is 59.8 Å². The van der Waals surface area contributed by atoms with Crippen LogP contribution in [0.3, 0.4) is 0 Å². The molecule has 0 unspecified atom stereocenters. The summed E-state index contributed by atoms with van der Waals surface area (Å²) in [6.45, 7) is 47.7. The van der Waals surface area contributed by atoms with Crippen LogP contribution < -0.4 is 26.2 Å². The summed E-state index contributed by atoms with van der Waals surface area (Å²) in [5.74, 6) is 0. The highest BCUT2D eigenvalue weighted by Gasteiger charge is 2.46. The third-order valence-electron chi connectivity index (χ3n) is 27.4. The summed E-state index contributed by atoms with van der Waals surface area (Å²) in [6.07, 6.45) is 4.60. The molecule has 0 saturated heterocycles. The molecule has 5 heteroatoms. The molecule has 0 bridgehead atoms. The van der Waals surface area contributed by atoms with Crippen LogP contribution in [-0.2, 0) is 43.3 Å². The monoisotopic (exact) mass is 1500 g/mol. The molecule has 574 valence electrons. The van der Waals surface area contributed by atoms with Crippen molar-refractivity contribution in [3.05, 3.63) is 305 Å². The molecular formula is C110H111BN4. The molecule has 2 aromatic heterocycles. The number of anilines is 6. The molecular weight excluding hydrogens is 1390 g/mol. The minimum atomic E-state index is -0.266. The predicted octanol–water partition coefficient (Wildman–Crippen LogP) is 28.5. The molecule has 0 spiro atoms. The molecule has 4 heterocycles. The zero-order chi connectivity index (χ0) is 80.3. The normalized spacial score (nSPS) is 16.1. The third-order valence-corrected chi connectivity index (χ3v) is 27.4. The SMILES string of the molecule is CC(C)(C)c1cc(-c2cccc3c4ccccc4n(-c4ccc5c(c4)B4c6cc(-n7c8ccccc8c8cccc(-c9cc(C(C)(C)C)cc(C(C)(C)C)c9)c87)ccc6N(c6ccccc6-c6ccc7c(c6)C(C)(C)CCC7(C)C)c6cccc(c64)N5c4ccccc4-c4ccc5c(c4)C(C)(C)CCC5(C)C)c23)cc(C(C)(C)C)c1. The van der Waals surface area contributed by atoms with E-state index in [0.29, 0.717) is 0 Å². The first-order chi connectivity index (χ1) is 54.5. The van der Waals surface area contributed by atoms with Crippen LogP contribution in [-0.4, -0.2) is 15.8 Å². The van der Waals surface area contributed by atoms with Gasteiger partial charge in [0.1, 0.15) is 0 Å². The Morgan fingerprint density at radius 1 is 0.261 bits per heavy atom. The molecule has 0 amide bonds. The van der Waals surface area contributed by atoms with E-state index in [2.05, 4.69) is 418 Å². The topological polar surface area (TPSA) is 16.3 Å². The molecule has 0 atom stereocenters. The largest absolute Gasteiger partial charge is 0.311 e. The minimum absolute atomic E-state index is 0.0123. The first kappa shape index (κ1) is 74.2. The van der Waals surface area contributed by atoms with Gasteiger partial charge in [0.25, 0.3) is 6.71 Å². The van der Waals surface area contributed by atoms with Crippen LogP contribution in [0.2, 0.25) is 0 Å². The van der Waals surface area contributed by atoms with Crippen LogP contribution in [0.5, 0.6) is 0 Å². The molecule has 4 aliphatic rings. The van der Waals surface area contributed by atoms with Crippen LogP contribution in [0.15, 0.2) is 261 Å². The number of fused-ring (bicyclic) bond motifs is 12. The van der Waals surface area contributed by atoms with Crippen molar-refractivity contribution in [1.29, 1.82) is 0 Å². The van der Waals surface area contributed by atoms with Crippen molar-refractivity contribution >= 4 is 101 Å². The van der Waals surface area contributed by atoms with E-state index in [9.17, 15) is 0 Å². The van der Waals surface area contributed by atoms with Crippen molar-refractivity contribution < 1.29 is 0 Å². The van der Waals surface area contributed by atoms with Crippen molar-refractivity contribution in [3.63, 3.8) is 0 Å². The molecule has 4 nitrogen and oxygen atoms in total. The Morgan fingerprint density at radius 2 is 0.583 bits per heavy atom. The van der Waals surface area contributed by atoms with Crippen molar-refractivity contribution in [2.45, 2.75) is 207 Å². The van der Waals surface area contributed by atoms with Crippen LogP contribution in [0.4, 0.5) is 34.1 Å². The van der Waals surface area contributed by atoms with E-state index in [1.54, 1.807) is 0 Å². The molecule has 19 rings (SSSR count). The number of hydrogen-bond donors (Lipinski definition) is 0. The molecule has 0 fully saturated rings. The van der Waals surface area contributed by atoms with Crippen LogP contribution >= 0.6 is 0 Å². The van der Waals surface area contributed by atoms with Gasteiger partial charge in [0.2, 0.25) is 0 Å². The number of rotatable bonds is 8. The first-order valence-electron chi connectivity index (χ1n) is 42.4. The van der Waals surface area contributed by atoms with E-state index in [1.807, 2.05) is 0 Å². The molecule has 0 radical (unpaired) electrons. The van der Waals surface area contributed by atoms with Crippen LogP contribution in [0.1, 0.15) is 209 Å². The Hall–Kier alpha value is -10.9. The van der Waals surface area contributed by atoms with Crippen LogP contribution in [0.25, 0.3) is 99.5 Å². The number of aromatic nitrogens is 2. The average Bonchev–Trinajstić information content (AvgIpc) is 1.48. The Balaban J connectivity index is 0.929. The third kappa shape index (κ3) is 11.9. The van der Waals surface area contributed by atoms with Gasteiger partial charge in [-0.15, -0.1) is 0 Å². The van der Waals surface area contributed by atoms with Gasteiger partial charge >= 0.3 is 0 Å². The van der Waals surface area contributed by atoms with Gasteiger partial charge in [-0.25, -0.2) is 0 Å². The quantitative estimate of drug-likeness (QED) is 0.141. The van der Waals surface area contributed by atoms with Crippen molar-refractivity contribution in [1.82, 2.24) is 9.13 Å².